The molecule has 8 atom stereocenters. The lowest BCUT2D eigenvalue weighted by Crippen LogP contribution is -2.56. The first-order chi connectivity index (χ1) is 12.4. The van der Waals surface area contributed by atoms with Gasteiger partial charge in [0.05, 0.1) is 0 Å². The van der Waals surface area contributed by atoms with Gasteiger partial charge in [-0.1, -0.05) is 40.0 Å². The van der Waals surface area contributed by atoms with Crippen molar-refractivity contribution in [2.24, 2.45) is 46.3 Å². The van der Waals surface area contributed by atoms with E-state index in [0.29, 0.717) is 22.5 Å². The van der Waals surface area contributed by atoms with Crippen LogP contribution in [-0.2, 0) is 4.79 Å². The smallest absolute Gasteiger partial charge is 0.133 e. The van der Waals surface area contributed by atoms with Crippen LogP contribution in [0, 0.1) is 46.3 Å². The molecule has 0 aromatic heterocycles. The molecule has 4 aliphatic rings. The second-order valence-electron chi connectivity index (χ2n) is 11.2. The summed E-state index contributed by atoms with van der Waals surface area (Å²) in [7, 11) is 0. The molecule has 4 rings (SSSR count). The van der Waals surface area contributed by atoms with E-state index >= 15 is 0 Å². The van der Waals surface area contributed by atoms with Gasteiger partial charge >= 0.3 is 0 Å². The fraction of sp³-hybridized carbons (Fsp3) is 0.960. The molecular formula is C25H42O. The summed E-state index contributed by atoms with van der Waals surface area (Å²) in [6.45, 7) is 9.43. The van der Waals surface area contributed by atoms with E-state index in [0.717, 1.165) is 36.0 Å². The van der Waals surface area contributed by atoms with Crippen LogP contribution >= 0.6 is 0 Å². The fourth-order valence-corrected chi connectivity index (χ4v) is 8.88. The summed E-state index contributed by atoms with van der Waals surface area (Å²) in [5.41, 5.74) is 0.922. The van der Waals surface area contributed by atoms with Crippen molar-refractivity contribution in [3.8, 4) is 0 Å². The summed E-state index contributed by atoms with van der Waals surface area (Å²) < 4.78 is 0. The van der Waals surface area contributed by atoms with Crippen LogP contribution in [0.25, 0.3) is 0 Å². The minimum absolute atomic E-state index is 0.313. The highest BCUT2D eigenvalue weighted by Gasteiger charge is 2.59. The van der Waals surface area contributed by atoms with Crippen molar-refractivity contribution in [3.05, 3.63) is 0 Å². The van der Waals surface area contributed by atoms with Crippen LogP contribution < -0.4 is 0 Å². The zero-order valence-corrected chi connectivity index (χ0v) is 17.9. The SMILES string of the molecule is CCC[C@H]1CC[C@@]2(C)C(CC[C@@H]3C2CC[C@@]2(C)C3CCC[C@@H]2C(C)=O)C1. The van der Waals surface area contributed by atoms with Crippen molar-refractivity contribution in [2.45, 2.75) is 105 Å². The molecule has 148 valence electrons. The largest absolute Gasteiger partial charge is 0.300 e. The van der Waals surface area contributed by atoms with Gasteiger partial charge in [-0.15, -0.1) is 0 Å². The number of ketones is 1. The Morgan fingerprint density at radius 2 is 1.65 bits per heavy atom. The summed E-state index contributed by atoms with van der Waals surface area (Å²) in [4.78, 5) is 12.4. The Morgan fingerprint density at radius 3 is 2.38 bits per heavy atom. The number of rotatable bonds is 3. The summed E-state index contributed by atoms with van der Waals surface area (Å²) in [6.07, 6.45) is 16.9. The highest BCUT2D eigenvalue weighted by atomic mass is 16.1. The van der Waals surface area contributed by atoms with Crippen LogP contribution in [-0.4, -0.2) is 5.78 Å². The van der Waals surface area contributed by atoms with Crippen LogP contribution in [0.3, 0.4) is 0 Å². The molecule has 1 heteroatoms. The normalized spacial score (nSPS) is 51.1. The number of hydrogen-bond donors (Lipinski definition) is 0. The third-order valence-electron chi connectivity index (χ3n) is 10.2. The Hall–Kier alpha value is -0.330. The first kappa shape index (κ1) is 19.0. The topological polar surface area (TPSA) is 17.1 Å². The number of Topliss-reactive ketones (excluding diaryl/α,β-unsaturated/α-hetero) is 1. The molecule has 0 aromatic rings. The number of fused-ring (bicyclic) bond motifs is 5. The van der Waals surface area contributed by atoms with E-state index in [9.17, 15) is 4.79 Å². The van der Waals surface area contributed by atoms with E-state index in [1.807, 2.05) is 6.92 Å². The molecule has 26 heavy (non-hydrogen) atoms. The predicted octanol–water partition coefficient (Wildman–Crippen LogP) is 7.04. The molecule has 0 radical (unpaired) electrons. The molecular weight excluding hydrogens is 316 g/mol. The Bertz CT molecular complexity index is 538. The van der Waals surface area contributed by atoms with E-state index in [2.05, 4.69) is 20.8 Å². The molecule has 1 nitrogen and oxygen atoms in total. The Labute approximate surface area is 162 Å². The molecule has 0 spiro atoms. The van der Waals surface area contributed by atoms with Crippen molar-refractivity contribution in [1.29, 1.82) is 0 Å². The van der Waals surface area contributed by atoms with Gasteiger partial charge in [-0.2, -0.15) is 0 Å². The molecule has 3 unspecified atom stereocenters. The lowest BCUT2D eigenvalue weighted by Gasteiger charge is -2.64. The summed E-state index contributed by atoms with van der Waals surface area (Å²) in [5.74, 6) is 5.54. The monoisotopic (exact) mass is 358 g/mol. The Morgan fingerprint density at radius 1 is 0.923 bits per heavy atom. The van der Waals surface area contributed by atoms with Crippen molar-refractivity contribution in [2.75, 3.05) is 0 Å². The van der Waals surface area contributed by atoms with Gasteiger partial charge < -0.3 is 0 Å². The summed E-state index contributed by atoms with van der Waals surface area (Å²) in [5, 5.41) is 0. The summed E-state index contributed by atoms with van der Waals surface area (Å²) >= 11 is 0. The quantitative estimate of drug-likeness (QED) is 0.528. The minimum atomic E-state index is 0.313. The molecule has 0 aromatic carbocycles. The summed E-state index contributed by atoms with van der Waals surface area (Å²) in [6, 6.07) is 0. The lowest BCUT2D eigenvalue weighted by molar-refractivity contribution is -0.156. The molecule has 0 aliphatic heterocycles. The molecule has 0 amide bonds. The van der Waals surface area contributed by atoms with Crippen LogP contribution in [0.15, 0.2) is 0 Å². The highest BCUT2D eigenvalue weighted by Crippen LogP contribution is 2.67. The van der Waals surface area contributed by atoms with Crippen LogP contribution in [0.4, 0.5) is 0 Å². The maximum Gasteiger partial charge on any atom is 0.133 e. The molecule has 4 saturated carbocycles. The Balaban J connectivity index is 1.56. The van der Waals surface area contributed by atoms with Gasteiger partial charge in [-0.3, -0.25) is 4.79 Å². The first-order valence-corrected chi connectivity index (χ1v) is 11.9. The van der Waals surface area contributed by atoms with Crippen LogP contribution in [0.2, 0.25) is 0 Å². The minimum Gasteiger partial charge on any atom is -0.300 e. The number of carbonyl (C=O) groups is 1. The fourth-order valence-electron chi connectivity index (χ4n) is 8.88. The molecule has 0 heterocycles. The van der Waals surface area contributed by atoms with E-state index in [-0.39, 0.29) is 0 Å². The second-order valence-corrected chi connectivity index (χ2v) is 11.2. The van der Waals surface area contributed by atoms with E-state index in [1.54, 1.807) is 0 Å². The first-order valence-electron chi connectivity index (χ1n) is 11.9. The van der Waals surface area contributed by atoms with Gasteiger partial charge in [0.25, 0.3) is 0 Å². The molecule has 0 bridgehead atoms. The van der Waals surface area contributed by atoms with Gasteiger partial charge in [0.2, 0.25) is 0 Å². The molecule has 0 N–H and O–H groups in total. The van der Waals surface area contributed by atoms with E-state index < -0.39 is 0 Å². The molecule has 0 saturated heterocycles. The highest BCUT2D eigenvalue weighted by molar-refractivity contribution is 5.79. The zero-order valence-electron chi connectivity index (χ0n) is 17.9. The second kappa shape index (κ2) is 6.93. The van der Waals surface area contributed by atoms with Gasteiger partial charge in [0.15, 0.2) is 0 Å². The average Bonchev–Trinajstić information content (AvgIpc) is 2.60. The third-order valence-corrected chi connectivity index (χ3v) is 10.2. The molecule has 4 fully saturated rings. The standard InChI is InChI=1S/C25H42O/c1-5-7-18-12-14-24(3)19(16-18)10-11-20-22-9-6-8-21(17(2)26)25(22,4)15-13-23(20)24/h18-23H,5-16H2,1-4H3/t18-,19?,20-,21+,22?,23?,24-,25+/m0/s1. The number of hydrogen-bond acceptors (Lipinski definition) is 1. The van der Waals surface area contributed by atoms with Crippen molar-refractivity contribution in [1.82, 2.24) is 0 Å². The average molecular weight is 359 g/mol. The lowest BCUT2D eigenvalue weighted by atomic mass is 9.41. The van der Waals surface area contributed by atoms with Gasteiger partial charge in [-0.05, 0) is 105 Å². The predicted molar refractivity (Wildman–Crippen MR) is 109 cm³/mol. The van der Waals surface area contributed by atoms with Gasteiger partial charge in [0, 0.05) is 5.92 Å². The number of carbonyl (C=O) groups excluding carboxylic acids is 1. The van der Waals surface area contributed by atoms with Gasteiger partial charge in [0.1, 0.15) is 5.78 Å². The van der Waals surface area contributed by atoms with Crippen molar-refractivity contribution in [3.63, 3.8) is 0 Å². The van der Waals surface area contributed by atoms with E-state index in [1.165, 1.54) is 70.6 Å². The molecule has 4 aliphatic carbocycles. The van der Waals surface area contributed by atoms with Crippen molar-refractivity contribution < 1.29 is 4.79 Å². The van der Waals surface area contributed by atoms with Crippen molar-refractivity contribution >= 4 is 5.78 Å². The van der Waals surface area contributed by atoms with Crippen LogP contribution in [0.1, 0.15) is 105 Å². The van der Waals surface area contributed by atoms with Gasteiger partial charge in [-0.25, -0.2) is 0 Å². The third kappa shape index (κ3) is 2.82. The van der Waals surface area contributed by atoms with E-state index in [4.69, 9.17) is 0 Å². The zero-order chi connectivity index (χ0) is 18.5. The van der Waals surface area contributed by atoms with Crippen LogP contribution in [0.5, 0.6) is 0 Å². The Kier molecular flexibility index (Phi) is 5.06. The maximum atomic E-state index is 12.4. The maximum absolute atomic E-state index is 12.4.